The van der Waals surface area contributed by atoms with Crippen molar-refractivity contribution in [3.05, 3.63) is 47.3 Å². The second-order valence-corrected chi connectivity index (χ2v) is 11.3. The van der Waals surface area contributed by atoms with Crippen LogP contribution in [0.5, 0.6) is 11.5 Å². The molecule has 3 heterocycles. The maximum absolute atomic E-state index is 13.1. The first kappa shape index (κ1) is 28.0. The lowest BCUT2D eigenvalue weighted by Crippen LogP contribution is -2.43. The molecule has 206 valence electrons. The SMILES string of the molecule is COc1ccc(C(=O)Nc2cnc3c(c(C4CCN(C(=O)[C@H](C)C(C)(C)C)CC4)cn3C)c2OC)cc1C#N. The van der Waals surface area contributed by atoms with Crippen molar-refractivity contribution in [2.75, 3.05) is 32.6 Å². The predicted molar refractivity (Wildman–Crippen MR) is 150 cm³/mol. The van der Waals surface area contributed by atoms with Gasteiger partial charge in [0.1, 0.15) is 23.2 Å². The zero-order valence-corrected chi connectivity index (χ0v) is 23.8. The van der Waals surface area contributed by atoms with Crippen molar-refractivity contribution in [1.29, 1.82) is 5.26 Å². The normalized spacial score (nSPS) is 15.1. The van der Waals surface area contributed by atoms with Crippen LogP contribution in [-0.4, -0.2) is 53.6 Å². The number of piperidine rings is 1. The van der Waals surface area contributed by atoms with Crippen molar-refractivity contribution in [2.45, 2.75) is 46.5 Å². The van der Waals surface area contributed by atoms with E-state index in [-0.39, 0.29) is 34.6 Å². The maximum Gasteiger partial charge on any atom is 0.255 e. The Kier molecular flexibility index (Phi) is 7.86. The van der Waals surface area contributed by atoms with Gasteiger partial charge in [0, 0.05) is 37.8 Å². The second kappa shape index (κ2) is 11.0. The molecule has 1 saturated heterocycles. The van der Waals surface area contributed by atoms with Gasteiger partial charge in [-0.2, -0.15) is 5.26 Å². The van der Waals surface area contributed by atoms with Crippen LogP contribution in [-0.2, 0) is 11.8 Å². The van der Waals surface area contributed by atoms with E-state index in [0.717, 1.165) is 29.4 Å². The monoisotopic (exact) mass is 531 g/mol. The first-order valence-corrected chi connectivity index (χ1v) is 13.2. The minimum atomic E-state index is -0.383. The molecular formula is C30H37N5O4. The summed E-state index contributed by atoms with van der Waals surface area (Å²) < 4.78 is 13.0. The Hall–Kier alpha value is -4.06. The number of aromatic nitrogens is 2. The van der Waals surface area contributed by atoms with Crippen molar-refractivity contribution in [2.24, 2.45) is 18.4 Å². The highest BCUT2D eigenvalue weighted by molar-refractivity contribution is 6.07. The molecule has 3 aromatic rings. The summed E-state index contributed by atoms with van der Waals surface area (Å²) >= 11 is 0. The van der Waals surface area contributed by atoms with E-state index in [1.165, 1.54) is 13.2 Å². The minimum absolute atomic E-state index is 0.0444. The third-order valence-electron chi connectivity index (χ3n) is 7.92. The number of aryl methyl sites for hydroxylation is 1. The van der Waals surface area contributed by atoms with Gasteiger partial charge < -0.3 is 24.3 Å². The quantitative estimate of drug-likeness (QED) is 0.474. The van der Waals surface area contributed by atoms with E-state index in [0.29, 0.717) is 35.8 Å². The maximum atomic E-state index is 13.1. The largest absolute Gasteiger partial charge is 0.495 e. The lowest BCUT2D eigenvalue weighted by Gasteiger charge is -2.36. The van der Waals surface area contributed by atoms with Crippen LogP contribution in [0.3, 0.4) is 0 Å². The third kappa shape index (κ3) is 5.42. The zero-order valence-electron chi connectivity index (χ0n) is 23.8. The number of carbonyl (C=O) groups is 2. The minimum Gasteiger partial charge on any atom is -0.495 e. The molecular weight excluding hydrogens is 494 g/mol. The average Bonchev–Trinajstić information content (AvgIpc) is 3.27. The van der Waals surface area contributed by atoms with Crippen LogP contribution in [0, 0.1) is 22.7 Å². The number of hydrogen-bond acceptors (Lipinski definition) is 6. The molecule has 0 spiro atoms. The van der Waals surface area contributed by atoms with Crippen LogP contribution < -0.4 is 14.8 Å². The number of likely N-dealkylation sites (tertiary alicyclic amines) is 1. The van der Waals surface area contributed by atoms with Gasteiger partial charge in [-0.05, 0) is 47.9 Å². The number of pyridine rings is 1. The molecule has 1 aromatic carbocycles. The summed E-state index contributed by atoms with van der Waals surface area (Å²) in [5.41, 5.74) is 2.83. The molecule has 2 aromatic heterocycles. The standard InChI is InChI=1S/C30H37N5O4/c1-18(30(2,3)4)29(37)35-12-10-19(11-13-35)22-17-34(5)27-25(22)26(39-7)23(16-32-27)33-28(36)20-8-9-24(38-6)21(14-20)15-31/h8-9,14,16-19H,10-13H2,1-7H3,(H,33,36)/t18-/m0/s1. The van der Waals surface area contributed by atoms with E-state index < -0.39 is 0 Å². The number of benzene rings is 1. The average molecular weight is 532 g/mol. The van der Waals surface area contributed by atoms with Crippen molar-refractivity contribution in [1.82, 2.24) is 14.5 Å². The van der Waals surface area contributed by atoms with Crippen LogP contribution in [0.2, 0.25) is 0 Å². The molecule has 9 nitrogen and oxygen atoms in total. The summed E-state index contributed by atoms with van der Waals surface area (Å²) in [6.07, 6.45) is 5.34. The van der Waals surface area contributed by atoms with E-state index in [1.807, 2.05) is 23.4 Å². The molecule has 0 radical (unpaired) electrons. The van der Waals surface area contributed by atoms with Gasteiger partial charge >= 0.3 is 0 Å². The fourth-order valence-electron chi connectivity index (χ4n) is 5.14. The van der Waals surface area contributed by atoms with Gasteiger partial charge in [-0.1, -0.05) is 27.7 Å². The summed E-state index contributed by atoms with van der Waals surface area (Å²) in [6.45, 7) is 9.72. The number of rotatable bonds is 6. The van der Waals surface area contributed by atoms with Gasteiger partial charge in [-0.3, -0.25) is 9.59 Å². The Morgan fingerprint density at radius 1 is 1.18 bits per heavy atom. The van der Waals surface area contributed by atoms with Crippen molar-refractivity contribution < 1.29 is 19.1 Å². The summed E-state index contributed by atoms with van der Waals surface area (Å²) in [7, 11) is 5.01. The number of anilines is 1. The van der Waals surface area contributed by atoms with E-state index in [2.05, 4.69) is 43.3 Å². The fourth-order valence-corrected chi connectivity index (χ4v) is 5.14. The third-order valence-corrected chi connectivity index (χ3v) is 7.92. The molecule has 1 atom stereocenters. The topological polar surface area (TPSA) is 109 Å². The van der Waals surface area contributed by atoms with Gasteiger partial charge in [-0.15, -0.1) is 0 Å². The smallest absolute Gasteiger partial charge is 0.255 e. The number of fused-ring (bicyclic) bond motifs is 1. The fraction of sp³-hybridized carbons (Fsp3) is 0.467. The molecule has 0 saturated carbocycles. The molecule has 1 N–H and O–H groups in total. The Morgan fingerprint density at radius 3 is 2.46 bits per heavy atom. The number of nitrogens with one attached hydrogen (secondary N) is 1. The summed E-state index contributed by atoms with van der Waals surface area (Å²) in [5, 5.41) is 13.2. The summed E-state index contributed by atoms with van der Waals surface area (Å²) in [5.74, 6) is 0.954. The second-order valence-electron chi connectivity index (χ2n) is 11.3. The number of carbonyl (C=O) groups excluding carboxylic acids is 2. The van der Waals surface area contributed by atoms with Crippen LogP contribution in [0.4, 0.5) is 5.69 Å². The van der Waals surface area contributed by atoms with E-state index in [1.54, 1.807) is 25.4 Å². The number of nitrogens with zero attached hydrogens (tertiary/aromatic N) is 4. The van der Waals surface area contributed by atoms with Crippen LogP contribution in [0.15, 0.2) is 30.6 Å². The highest BCUT2D eigenvalue weighted by Crippen LogP contribution is 2.42. The van der Waals surface area contributed by atoms with E-state index >= 15 is 0 Å². The van der Waals surface area contributed by atoms with Gasteiger partial charge in [0.2, 0.25) is 5.91 Å². The number of methoxy groups -OCH3 is 2. The summed E-state index contributed by atoms with van der Waals surface area (Å²) in [6, 6.07) is 6.76. The summed E-state index contributed by atoms with van der Waals surface area (Å²) in [4.78, 5) is 32.8. The molecule has 2 amide bonds. The first-order chi connectivity index (χ1) is 18.5. The van der Waals surface area contributed by atoms with Crippen LogP contribution in [0.25, 0.3) is 11.0 Å². The lowest BCUT2D eigenvalue weighted by molar-refractivity contribution is -0.139. The predicted octanol–water partition coefficient (Wildman–Crippen LogP) is 5.10. The Balaban J connectivity index is 1.61. The molecule has 9 heteroatoms. The molecule has 0 aliphatic carbocycles. The number of hydrogen-bond donors (Lipinski definition) is 1. The van der Waals surface area contributed by atoms with E-state index in [4.69, 9.17) is 9.47 Å². The molecule has 1 fully saturated rings. The van der Waals surface area contributed by atoms with Crippen LogP contribution in [0.1, 0.15) is 67.9 Å². The lowest BCUT2D eigenvalue weighted by atomic mass is 9.80. The van der Waals surface area contributed by atoms with Gasteiger partial charge in [0.25, 0.3) is 5.91 Å². The van der Waals surface area contributed by atoms with Crippen molar-refractivity contribution >= 4 is 28.5 Å². The molecule has 39 heavy (non-hydrogen) atoms. The first-order valence-electron chi connectivity index (χ1n) is 13.2. The van der Waals surface area contributed by atoms with E-state index in [9.17, 15) is 14.9 Å². The van der Waals surface area contributed by atoms with Gasteiger partial charge in [0.05, 0.1) is 31.4 Å². The Labute approximate surface area is 229 Å². The molecule has 0 unspecified atom stereocenters. The van der Waals surface area contributed by atoms with Crippen LogP contribution >= 0.6 is 0 Å². The number of amides is 2. The number of nitriles is 1. The highest BCUT2D eigenvalue weighted by Gasteiger charge is 2.34. The number of ether oxygens (including phenoxy) is 2. The van der Waals surface area contributed by atoms with Gasteiger partial charge in [0.15, 0.2) is 5.75 Å². The zero-order chi connectivity index (χ0) is 28.5. The molecule has 4 rings (SSSR count). The highest BCUT2D eigenvalue weighted by atomic mass is 16.5. The molecule has 0 bridgehead atoms. The van der Waals surface area contributed by atoms with Gasteiger partial charge in [-0.25, -0.2) is 4.98 Å². The Bertz CT molecular complexity index is 1440. The van der Waals surface area contributed by atoms with Crippen molar-refractivity contribution in [3.8, 4) is 17.6 Å². The molecule has 1 aliphatic heterocycles. The Morgan fingerprint density at radius 2 is 1.87 bits per heavy atom. The molecule has 1 aliphatic rings. The van der Waals surface area contributed by atoms with Crippen molar-refractivity contribution in [3.63, 3.8) is 0 Å².